The summed E-state index contributed by atoms with van der Waals surface area (Å²) < 4.78 is 8.64. The first kappa shape index (κ1) is 13.3. The van der Waals surface area contributed by atoms with Gasteiger partial charge in [-0.1, -0.05) is 34.1 Å². The Hall–Kier alpha value is -2.40. The molecule has 0 amide bonds. The Kier molecular flexibility index (Phi) is 3.08. The van der Waals surface area contributed by atoms with Gasteiger partial charge >= 0.3 is 0 Å². The van der Waals surface area contributed by atoms with E-state index in [1.165, 1.54) is 0 Å². The van der Waals surface area contributed by atoms with Gasteiger partial charge in [0.15, 0.2) is 5.58 Å². The average molecular weight is 354 g/mol. The highest BCUT2D eigenvalue weighted by Crippen LogP contribution is 2.25. The predicted octanol–water partition coefficient (Wildman–Crippen LogP) is 4.75. The number of benzene rings is 2. The number of fused-ring (bicyclic) bond motifs is 1. The van der Waals surface area contributed by atoms with Gasteiger partial charge in [-0.05, 0) is 36.8 Å². The standard InChI is InChI=1S/C17H12BrN3O/c1-11-6-7-13(18)8-15(11)21-10-12(9-19-21)17-20-14-4-2-3-5-16(14)22-17/h2-10H,1H3. The van der Waals surface area contributed by atoms with Crippen LogP contribution in [0.1, 0.15) is 5.56 Å². The van der Waals surface area contributed by atoms with Crippen LogP contribution in [0.5, 0.6) is 0 Å². The number of rotatable bonds is 2. The molecule has 5 heteroatoms. The van der Waals surface area contributed by atoms with Crippen LogP contribution >= 0.6 is 15.9 Å². The van der Waals surface area contributed by atoms with Gasteiger partial charge in [0, 0.05) is 10.7 Å². The second-order valence-electron chi connectivity index (χ2n) is 5.09. The SMILES string of the molecule is Cc1ccc(Br)cc1-n1cc(-c2nc3ccccc3o2)cn1. The predicted molar refractivity (Wildman–Crippen MR) is 89.0 cm³/mol. The Morgan fingerprint density at radius 3 is 2.86 bits per heavy atom. The topological polar surface area (TPSA) is 43.9 Å². The van der Waals surface area contributed by atoms with Crippen molar-refractivity contribution >= 4 is 27.0 Å². The Bertz CT molecular complexity index is 938. The second-order valence-corrected chi connectivity index (χ2v) is 6.01. The number of aromatic nitrogens is 3. The molecule has 0 saturated heterocycles. The molecule has 0 fully saturated rings. The van der Waals surface area contributed by atoms with Crippen molar-refractivity contribution in [2.24, 2.45) is 0 Å². The molecule has 4 aromatic rings. The highest BCUT2D eigenvalue weighted by molar-refractivity contribution is 9.10. The summed E-state index contributed by atoms with van der Waals surface area (Å²) in [6.45, 7) is 2.06. The molecule has 0 aliphatic carbocycles. The summed E-state index contributed by atoms with van der Waals surface area (Å²) in [5, 5.41) is 4.43. The summed E-state index contributed by atoms with van der Waals surface area (Å²) in [5.74, 6) is 0.583. The number of halogens is 1. The molecule has 0 spiro atoms. The third kappa shape index (κ3) is 2.23. The van der Waals surface area contributed by atoms with Crippen LogP contribution in [0.15, 0.2) is 63.7 Å². The Labute approximate surface area is 135 Å². The van der Waals surface area contributed by atoms with E-state index in [2.05, 4.69) is 39.0 Å². The average Bonchev–Trinajstić information content (AvgIpc) is 3.15. The number of hydrogen-bond donors (Lipinski definition) is 0. The molecule has 4 rings (SSSR count). The molecule has 0 unspecified atom stereocenters. The molecule has 0 aliphatic heterocycles. The third-order valence-electron chi connectivity index (χ3n) is 3.54. The highest BCUT2D eigenvalue weighted by Gasteiger charge is 2.11. The smallest absolute Gasteiger partial charge is 0.230 e. The number of aryl methyl sites for hydroxylation is 1. The van der Waals surface area contributed by atoms with Crippen molar-refractivity contribution < 1.29 is 4.42 Å². The second kappa shape index (κ2) is 5.10. The number of oxazole rings is 1. The maximum atomic E-state index is 5.78. The molecule has 4 nitrogen and oxygen atoms in total. The largest absolute Gasteiger partial charge is 0.436 e. The van der Waals surface area contributed by atoms with Crippen LogP contribution in [-0.2, 0) is 0 Å². The molecule has 0 N–H and O–H groups in total. The highest BCUT2D eigenvalue weighted by atomic mass is 79.9. The van der Waals surface area contributed by atoms with Crippen LogP contribution in [0.2, 0.25) is 0 Å². The van der Waals surface area contributed by atoms with E-state index in [1.807, 2.05) is 47.3 Å². The molecular weight excluding hydrogens is 342 g/mol. The van der Waals surface area contributed by atoms with Gasteiger partial charge in [-0.15, -0.1) is 0 Å². The summed E-state index contributed by atoms with van der Waals surface area (Å²) in [5.41, 5.74) is 4.66. The molecule has 0 bridgehead atoms. The summed E-state index contributed by atoms with van der Waals surface area (Å²) in [6.07, 6.45) is 3.70. The van der Waals surface area contributed by atoms with Gasteiger partial charge in [-0.3, -0.25) is 0 Å². The van der Waals surface area contributed by atoms with E-state index in [4.69, 9.17) is 4.42 Å². The maximum Gasteiger partial charge on any atom is 0.230 e. The number of nitrogens with zero attached hydrogens (tertiary/aromatic N) is 3. The summed E-state index contributed by atoms with van der Waals surface area (Å²) in [6, 6.07) is 13.8. The van der Waals surface area contributed by atoms with E-state index in [1.54, 1.807) is 6.20 Å². The molecule has 2 aromatic carbocycles. The molecule has 0 saturated carbocycles. The van der Waals surface area contributed by atoms with Gasteiger partial charge in [0.2, 0.25) is 5.89 Å². The monoisotopic (exact) mass is 353 g/mol. The number of para-hydroxylation sites is 2. The van der Waals surface area contributed by atoms with Gasteiger partial charge in [-0.25, -0.2) is 9.67 Å². The van der Waals surface area contributed by atoms with Gasteiger partial charge in [-0.2, -0.15) is 5.10 Å². The van der Waals surface area contributed by atoms with Crippen molar-refractivity contribution in [3.63, 3.8) is 0 Å². The summed E-state index contributed by atoms with van der Waals surface area (Å²) in [4.78, 5) is 4.50. The molecule has 0 aliphatic rings. The first-order chi connectivity index (χ1) is 10.7. The van der Waals surface area contributed by atoms with Crippen molar-refractivity contribution in [1.82, 2.24) is 14.8 Å². The fourth-order valence-corrected chi connectivity index (χ4v) is 2.74. The minimum absolute atomic E-state index is 0.583. The first-order valence-corrected chi connectivity index (χ1v) is 7.67. The molecule has 2 heterocycles. The van der Waals surface area contributed by atoms with Crippen LogP contribution in [-0.4, -0.2) is 14.8 Å². The lowest BCUT2D eigenvalue weighted by atomic mass is 10.2. The van der Waals surface area contributed by atoms with E-state index < -0.39 is 0 Å². The van der Waals surface area contributed by atoms with Gasteiger partial charge < -0.3 is 4.42 Å². The normalized spacial score (nSPS) is 11.2. The van der Waals surface area contributed by atoms with E-state index in [0.717, 1.165) is 32.4 Å². The van der Waals surface area contributed by atoms with E-state index in [-0.39, 0.29) is 0 Å². The fourth-order valence-electron chi connectivity index (χ4n) is 2.39. The van der Waals surface area contributed by atoms with E-state index in [0.29, 0.717) is 5.89 Å². The lowest BCUT2D eigenvalue weighted by molar-refractivity contribution is 0.620. The zero-order valence-corrected chi connectivity index (χ0v) is 13.4. The van der Waals surface area contributed by atoms with Crippen molar-refractivity contribution in [1.29, 1.82) is 0 Å². The van der Waals surface area contributed by atoms with Crippen LogP contribution < -0.4 is 0 Å². The van der Waals surface area contributed by atoms with Crippen LogP contribution in [0, 0.1) is 6.92 Å². The minimum atomic E-state index is 0.583. The van der Waals surface area contributed by atoms with Crippen LogP contribution in [0.3, 0.4) is 0 Å². The molecular formula is C17H12BrN3O. The van der Waals surface area contributed by atoms with Crippen molar-refractivity contribution in [3.05, 3.63) is 64.9 Å². The van der Waals surface area contributed by atoms with Crippen LogP contribution in [0.4, 0.5) is 0 Å². The maximum absolute atomic E-state index is 5.78. The van der Waals surface area contributed by atoms with Gasteiger partial charge in [0.05, 0.1) is 17.4 Å². The quantitative estimate of drug-likeness (QED) is 0.522. The zero-order chi connectivity index (χ0) is 15.1. The summed E-state index contributed by atoms with van der Waals surface area (Å²) in [7, 11) is 0. The molecule has 0 atom stereocenters. The fraction of sp³-hybridized carbons (Fsp3) is 0.0588. The summed E-state index contributed by atoms with van der Waals surface area (Å²) >= 11 is 3.50. The number of hydrogen-bond acceptors (Lipinski definition) is 3. The Morgan fingerprint density at radius 1 is 1.14 bits per heavy atom. The molecule has 22 heavy (non-hydrogen) atoms. The van der Waals surface area contributed by atoms with E-state index in [9.17, 15) is 0 Å². The zero-order valence-electron chi connectivity index (χ0n) is 11.8. The first-order valence-electron chi connectivity index (χ1n) is 6.88. The van der Waals surface area contributed by atoms with Crippen molar-refractivity contribution in [2.75, 3.05) is 0 Å². The Morgan fingerprint density at radius 2 is 2.00 bits per heavy atom. The molecule has 2 aromatic heterocycles. The Balaban J connectivity index is 1.79. The molecule has 0 radical (unpaired) electrons. The third-order valence-corrected chi connectivity index (χ3v) is 4.03. The lowest BCUT2D eigenvalue weighted by Gasteiger charge is -2.05. The molecule has 108 valence electrons. The van der Waals surface area contributed by atoms with Crippen molar-refractivity contribution in [3.8, 4) is 17.1 Å². The minimum Gasteiger partial charge on any atom is -0.436 e. The van der Waals surface area contributed by atoms with Crippen LogP contribution in [0.25, 0.3) is 28.2 Å². The van der Waals surface area contributed by atoms with Crippen molar-refractivity contribution in [2.45, 2.75) is 6.92 Å². The lowest BCUT2D eigenvalue weighted by Crippen LogP contribution is -1.96. The van der Waals surface area contributed by atoms with E-state index >= 15 is 0 Å². The van der Waals surface area contributed by atoms with Gasteiger partial charge in [0.25, 0.3) is 0 Å². The van der Waals surface area contributed by atoms with Gasteiger partial charge in [0.1, 0.15) is 5.52 Å².